The Morgan fingerprint density at radius 1 is 1.07 bits per heavy atom. The van der Waals surface area contributed by atoms with Crippen molar-refractivity contribution in [3.8, 4) is 0 Å². The molecule has 0 saturated heterocycles. The van der Waals surface area contributed by atoms with Crippen LogP contribution in [0.4, 0.5) is 0 Å². The molecule has 27 heavy (non-hydrogen) atoms. The van der Waals surface area contributed by atoms with Gasteiger partial charge in [-0.25, -0.2) is 0 Å². The number of hydrogen-bond acceptors (Lipinski definition) is 4. The molecule has 0 aromatic heterocycles. The first-order valence-electron chi connectivity index (χ1n) is 11.3. The van der Waals surface area contributed by atoms with Crippen LogP contribution in [0.25, 0.3) is 0 Å². The zero-order valence-corrected chi connectivity index (χ0v) is 18.1. The first-order valence-corrected chi connectivity index (χ1v) is 11.3. The van der Waals surface area contributed by atoms with E-state index in [2.05, 4.69) is 17.2 Å². The monoisotopic (exact) mass is 381 g/mol. The van der Waals surface area contributed by atoms with E-state index in [1.54, 1.807) is 0 Å². The molecule has 0 fully saturated rings. The molecule has 1 aliphatic rings. The number of nitrogens with one attached hydrogen (secondary N) is 1. The van der Waals surface area contributed by atoms with Crippen molar-refractivity contribution in [3.63, 3.8) is 0 Å². The summed E-state index contributed by atoms with van der Waals surface area (Å²) >= 11 is 0. The van der Waals surface area contributed by atoms with Crippen LogP contribution in [0.3, 0.4) is 0 Å². The Morgan fingerprint density at radius 3 is 2.37 bits per heavy atom. The summed E-state index contributed by atoms with van der Waals surface area (Å²) in [6.45, 7) is 10.0. The smallest absolute Gasteiger partial charge is 0.228 e. The van der Waals surface area contributed by atoms with Crippen LogP contribution in [0.1, 0.15) is 91.4 Å². The van der Waals surface area contributed by atoms with Crippen molar-refractivity contribution in [2.45, 2.75) is 97.6 Å². The van der Waals surface area contributed by atoms with E-state index >= 15 is 0 Å². The highest BCUT2D eigenvalue weighted by molar-refractivity contribution is 6.00. The second-order valence-electron chi connectivity index (χ2n) is 7.82. The van der Waals surface area contributed by atoms with Gasteiger partial charge in [-0.2, -0.15) is 0 Å². The van der Waals surface area contributed by atoms with E-state index in [9.17, 15) is 4.79 Å². The lowest BCUT2D eigenvalue weighted by atomic mass is 10.1. The molecule has 0 bridgehead atoms. The van der Waals surface area contributed by atoms with Crippen LogP contribution in [-0.4, -0.2) is 55.5 Å². The Kier molecular flexibility index (Phi) is 14.3. The fourth-order valence-corrected chi connectivity index (χ4v) is 3.42. The van der Waals surface area contributed by atoms with E-state index in [1.807, 2.05) is 18.7 Å². The molecule has 5 nitrogen and oxygen atoms in total. The van der Waals surface area contributed by atoms with Crippen LogP contribution < -0.4 is 5.32 Å². The highest BCUT2D eigenvalue weighted by Crippen LogP contribution is 2.10. The molecule has 158 valence electrons. The molecule has 1 aliphatic heterocycles. The van der Waals surface area contributed by atoms with Gasteiger partial charge >= 0.3 is 0 Å². The fourth-order valence-electron chi connectivity index (χ4n) is 3.42. The molecule has 5 heteroatoms. The summed E-state index contributed by atoms with van der Waals surface area (Å²) in [5.41, 5.74) is 0.948. The van der Waals surface area contributed by atoms with Crippen LogP contribution in [0.15, 0.2) is 4.99 Å². The quantitative estimate of drug-likeness (QED) is 0.315. The van der Waals surface area contributed by atoms with E-state index in [1.165, 1.54) is 57.8 Å². The molecule has 0 aliphatic carbocycles. The van der Waals surface area contributed by atoms with Crippen molar-refractivity contribution in [1.29, 1.82) is 0 Å². The molecule has 1 rings (SSSR count). The lowest BCUT2D eigenvalue weighted by Gasteiger charge is -2.22. The highest BCUT2D eigenvalue weighted by atomic mass is 16.5. The zero-order valence-electron chi connectivity index (χ0n) is 18.1. The number of carbonyl (C=O) groups excluding carboxylic acids is 1. The van der Waals surface area contributed by atoms with Crippen LogP contribution in [0.5, 0.6) is 0 Å². The van der Waals surface area contributed by atoms with Gasteiger partial charge in [0.2, 0.25) is 5.91 Å². The summed E-state index contributed by atoms with van der Waals surface area (Å²) in [6.07, 6.45) is 14.0. The number of carbonyl (C=O) groups is 1. The second-order valence-corrected chi connectivity index (χ2v) is 7.82. The van der Waals surface area contributed by atoms with Gasteiger partial charge in [-0.3, -0.25) is 15.1 Å². The largest absolute Gasteiger partial charge is 0.364 e. The molecule has 0 saturated carbocycles. The molecule has 0 aromatic rings. The Morgan fingerprint density at radius 2 is 1.70 bits per heavy atom. The van der Waals surface area contributed by atoms with E-state index in [4.69, 9.17) is 4.74 Å². The van der Waals surface area contributed by atoms with Crippen molar-refractivity contribution in [1.82, 2.24) is 10.2 Å². The van der Waals surface area contributed by atoms with Gasteiger partial charge in [-0.05, 0) is 20.3 Å². The Hall–Kier alpha value is -0.940. The normalized spacial score (nSPS) is 16.3. The molecule has 0 spiro atoms. The van der Waals surface area contributed by atoms with Gasteiger partial charge in [0.15, 0.2) is 0 Å². The number of nitrogens with zero attached hydrogens (tertiary/aromatic N) is 2. The van der Waals surface area contributed by atoms with Gasteiger partial charge in [0.05, 0.1) is 13.0 Å². The number of ether oxygens (including phenoxy) is 1. The van der Waals surface area contributed by atoms with E-state index in [-0.39, 0.29) is 12.1 Å². The Bertz CT molecular complexity index is 412. The standard InChI is InChI=1S/C22H43N3O2/c1-4-5-6-7-8-9-10-11-12-13-18-27-21(3)24-15-17-25-16-14-23-20(2)19-22(25)26/h21,24H,4-19H2,1-3H3. The van der Waals surface area contributed by atoms with E-state index < -0.39 is 0 Å². The molecule has 1 heterocycles. The Labute approximate surface area is 167 Å². The predicted molar refractivity (Wildman–Crippen MR) is 114 cm³/mol. The summed E-state index contributed by atoms with van der Waals surface area (Å²) in [7, 11) is 0. The first kappa shape index (κ1) is 24.1. The number of amides is 1. The maximum atomic E-state index is 12.1. The minimum absolute atomic E-state index is 0.0450. The topological polar surface area (TPSA) is 53.9 Å². The summed E-state index contributed by atoms with van der Waals surface area (Å²) < 4.78 is 5.83. The summed E-state index contributed by atoms with van der Waals surface area (Å²) in [5, 5.41) is 3.36. The van der Waals surface area contributed by atoms with Gasteiger partial charge < -0.3 is 9.64 Å². The lowest BCUT2D eigenvalue weighted by molar-refractivity contribution is -0.129. The maximum Gasteiger partial charge on any atom is 0.228 e. The molecular weight excluding hydrogens is 338 g/mol. The number of rotatable bonds is 16. The third-order valence-corrected chi connectivity index (χ3v) is 5.19. The van der Waals surface area contributed by atoms with Gasteiger partial charge in [0, 0.05) is 32.0 Å². The van der Waals surface area contributed by atoms with Gasteiger partial charge in [-0.15, -0.1) is 0 Å². The van der Waals surface area contributed by atoms with E-state index in [0.717, 1.165) is 44.9 Å². The third-order valence-electron chi connectivity index (χ3n) is 5.19. The number of hydrogen-bond donors (Lipinski definition) is 1. The van der Waals surface area contributed by atoms with Crippen LogP contribution in [-0.2, 0) is 9.53 Å². The average Bonchev–Trinajstić information content (AvgIpc) is 2.80. The molecule has 1 N–H and O–H groups in total. The van der Waals surface area contributed by atoms with Crippen LogP contribution in [0.2, 0.25) is 0 Å². The minimum atomic E-state index is 0.0450. The zero-order chi connectivity index (χ0) is 19.7. The van der Waals surface area contributed by atoms with Crippen molar-refractivity contribution in [2.75, 3.05) is 32.8 Å². The number of aliphatic imine (C=N–C) groups is 1. The van der Waals surface area contributed by atoms with Gasteiger partial charge in [0.25, 0.3) is 0 Å². The van der Waals surface area contributed by atoms with Crippen LogP contribution >= 0.6 is 0 Å². The van der Waals surface area contributed by atoms with Crippen molar-refractivity contribution in [3.05, 3.63) is 0 Å². The SMILES string of the molecule is CCCCCCCCCCCCOC(C)NCCN1CCN=C(C)CC1=O. The van der Waals surface area contributed by atoms with Crippen molar-refractivity contribution in [2.24, 2.45) is 4.99 Å². The fraction of sp³-hybridized carbons (Fsp3) is 0.909. The molecular formula is C22H43N3O2. The summed E-state index contributed by atoms with van der Waals surface area (Å²) in [4.78, 5) is 18.3. The minimum Gasteiger partial charge on any atom is -0.364 e. The average molecular weight is 382 g/mol. The molecule has 0 radical (unpaired) electrons. The van der Waals surface area contributed by atoms with Crippen molar-refractivity contribution >= 4 is 11.6 Å². The number of unbranched alkanes of at least 4 members (excludes halogenated alkanes) is 9. The summed E-state index contributed by atoms with van der Waals surface area (Å²) in [5.74, 6) is 0.189. The van der Waals surface area contributed by atoms with Gasteiger partial charge in [-0.1, -0.05) is 64.7 Å². The third kappa shape index (κ3) is 13.0. The molecule has 0 aromatic carbocycles. The molecule has 1 unspecified atom stereocenters. The molecule has 1 atom stereocenters. The predicted octanol–water partition coefficient (Wildman–Crippen LogP) is 4.55. The maximum absolute atomic E-state index is 12.1. The lowest BCUT2D eigenvalue weighted by Crippen LogP contribution is -2.40. The summed E-state index contributed by atoms with van der Waals surface area (Å²) in [6, 6.07) is 0. The second kappa shape index (κ2) is 16.1. The van der Waals surface area contributed by atoms with Crippen LogP contribution in [0, 0.1) is 0 Å². The van der Waals surface area contributed by atoms with Crippen molar-refractivity contribution < 1.29 is 9.53 Å². The highest BCUT2D eigenvalue weighted by Gasteiger charge is 2.16. The molecule has 1 amide bonds. The first-order chi connectivity index (χ1) is 13.1. The Balaban J connectivity index is 1.90. The van der Waals surface area contributed by atoms with E-state index in [0.29, 0.717) is 6.42 Å². The van der Waals surface area contributed by atoms with Gasteiger partial charge in [0.1, 0.15) is 6.23 Å².